The number of rotatable bonds is 4. The summed E-state index contributed by atoms with van der Waals surface area (Å²) in [6.45, 7) is 6.42. The molecule has 3 rings (SSSR count). The Kier molecular flexibility index (Phi) is 4.40. The molecule has 0 aromatic carbocycles. The smallest absolute Gasteiger partial charge is 0.256 e. The highest BCUT2D eigenvalue weighted by molar-refractivity contribution is 5.95. The van der Waals surface area contributed by atoms with Gasteiger partial charge in [-0.1, -0.05) is 12.1 Å². The maximum Gasteiger partial charge on any atom is 0.256 e. The third kappa shape index (κ3) is 3.19. The number of aromatic amines is 1. The third-order valence-electron chi connectivity index (χ3n) is 4.59. The van der Waals surface area contributed by atoms with Crippen LogP contribution >= 0.6 is 0 Å². The molecule has 0 saturated carbocycles. The van der Waals surface area contributed by atoms with Crippen LogP contribution in [0.5, 0.6) is 0 Å². The van der Waals surface area contributed by atoms with E-state index >= 15 is 0 Å². The van der Waals surface area contributed by atoms with Crippen LogP contribution in [0.3, 0.4) is 0 Å². The van der Waals surface area contributed by atoms with Gasteiger partial charge in [0.25, 0.3) is 5.91 Å². The molecule has 1 amide bonds. The van der Waals surface area contributed by atoms with Crippen LogP contribution in [0.25, 0.3) is 0 Å². The van der Waals surface area contributed by atoms with Crippen molar-refractivity contribution in [3.05, 3.63) is 29.2 Å². The van der Waals surface area contributed by atoms with Crippen molar-refractivity contribution in [3.8, 4) is 0 Å². The molecule has 130 valence electrons. The van der Waals surface area contributed by atoms with E-state index in [0.29, 0.717) is 23.8 Å². The Labute approximate surface area is 141 Å². The van der Waals surface area contributed by atoms with E-state index in [2.05, 4.69) is 32.2 Å². The second-order valence-electron chi connectivity index (χ2n) is 6.96. The van der Waals surface area contributed by atoms with Crippen LogP contribution in [0.15, 0.2) is 10.7 Å². The Morgan fingerprint density at radius 1 is 1.50 bits per heavy atom. The van der Waals surface area contributed by atoms with Gasteiger partial charge in [-0.15, -0.1) is 0 Å². The SMILES string of the molecule is Cc1nc(CN2CCCC(C)(c3[nH]ncc3C(=O)N(C)C)C2)no1. The third-order valence-corrected chi connectivity index (χ3v) is 4.59. The first-order valence-corrected chi connectivity index (χ1v) is 8.16. The van der Waals surface area contributed by atoms with Gasteiger partial charge in [-0.2, -0.15) is 10.1 Å². The van der Waals surface area contributed by atoms with Gasteiger partial charge in [0.1, 0.15) is 0 Å². The van der Waals surface area contributed by atoms with E-state index in [1.807, 2.05) is 0 Å². The van der Waals surface area contributed by atoms with Crippen molar-refractivity contribution in [2.45, 2.75) is 38.6 Å². The van der Waals surface area contributed by atoms with Gasteiger partial charge in [-0.05, 0) is 19.4 Å². The molecule has 2 aromatic heterocycles. The minimum atomic E-state index is -0.158. The minimum absolute atomic E-state index is 0.0223. The number of nitrogens with one attached hydrogen (secondary N) is 1. The maximum absolute atomic E-state index is 12.4. The number of nitrogens with zero attached hydrogens (tertiary/aromatic N) is 5. The van der Waals surface area contributed by atoms with E-state index in [9.17, 15) is 4.79 Å². The summed E-state index contributed by atoms with van der Waals surface area (Å²) in [6, 6.07) is 0. The van der Waals surface area contributed by atoms with Crippen molar-refractivity contribution in [1.29, 1.82) is 0 Å². The van der Waals surface area contributed by atoms with Gasteiger partial charge in [0.2, 0.25) is 5.89 Å². The van der Waals surface area contributed by atoms with Gasteiger partial charge >= 0.3 is 0 Å². The highest BCUT2D eigenvalue weighted by atomic mass is 16.5. The monoisotopic (exact) mass is 332 g/mol. The van der Waals surface area contributed by atoms with E-state index in [-0.39, 0.29) is 11.3 Å². The lowest BCUT2D eigenvalue weighted by Gasteiger charge is -2.40. The van der Waals surface area contributed by atoms with Crippen LogP contribution in [0.1, 0.15) is 47.5 Å². The molecule has 8 heteroatoms. The lowest BCUT2D eigenvalue weighted by atomic mass is 9.77. The number of H-pyrrole nitrogens is 1. The number of aromatic nitrogens is 4. The van der Waals surface area contributed by atoms with E-state index < -0.39 is 0 Å². The normalized spacial score (nSPS) is 21.8. The van der Waals surface area contributed by atoms with Gasteiger partial charge in [-0.25, -0.2) is 0 Å². The van der Waals surface area contributed by atoms with Crippen molar-refractivity contribution in [1.82, 2.24) is 30.1 Å². The Hall–Kier alpha value is -2.22. The fourth-order valence-electron chi connectivity index (χ4n) is 3.44. The van der Waals surface area contributed by atoms with Gasteiger partial charge in [0.15, 0.2) is 5.82 Å². The van der Waals surface area contributed by atoms with E-state index in [1.165, 1.54) is 0 Å². The van der Waals surface area contributed by atoms with Gasteiger partial charge in [-0.3, -0.25) is 14.8 Å². The summed E-state index contributed by atoms with van der Waals surface area (Å²) in [5.41, 5.74) is 1.41. The molecule has 0 spiro atoms. The van der Waals surface area contributed by atoms with Crippen LogP contribution in [0.4, 0.5) is 0 Å². The standard InChI is InChI=1S/C16H24N6O2/c1-11-18-13(20-24-11)9-22-7-5-6-16(2,10-22)14-12(8-17-19-14)15(23)21(3)4/h8H,5-7,9-10H2,1-4H3,(H,17,19). The van der Waals surface area contributed by atoms with Gasteiger partial charge in [0, 0.05) is 33.0 Å². The molecule has 1 saturated heterocycles. The Morgan fingerprint density at radius 2 is 2.29 bits per heavy atom. The zero-order valence-electron chi connectivity index (χ0n) is 14.7. The number of hydrogen-bond acceptors (Lipinski definition) is 6. The van der Waals surface area contributed by atoms with Crippen LogP contribution in [0.2, 0.25) is 0 Å². The van der Waals surface area contributed by atoms with Crippen LogP contribution in [-0.4, -0.2) is 63.2 Å². The molecule has 0 aliphatic carbocycles. The molecule has 1 aliphatic heterocycles. The summed E-state index contributed by atoms with van der Waals surface area (Å²) >= 11 is 0. The molecule has 3 heterocycles. The van der Waals surface area contributed by atoms with Crippen LogP contribution in [-0.2, 0) is 12.0 Å². The second-order valence-corrected chi connectivity index (χ2v) is 6.96. The largest absolute Gasteiger partial charge is 0.345 e. The van der Waals surface area contributed by atoms with Crippen molar-refractivity contribution >= 4 is 5.91 Å². The first-order chi connectivity index (χ1) is 11.4. The summed E-state index contributed by atoms with van der Waals surface area (Å²) < 4.78 is 5.05. The molecule has 1 fully saturated rings. The Balaban J connectivity index is 1.80. The van der Waals surface area contributed by atoms with Crippen molar-refractivity contribution < 1.29 is 9.32 Å². The second kappa shape index (κ2) is 6.35. The number of amides is 1. The fourth-order valence-corrected chi connectivity index (χ4v) is 3.44. The highest BCUT2D eigenvalue weighted by Gasteiger charge is 2.37. The molecule has 1 aliphatic rings. The first kappa shape index (κ1) is 16.6. The Bertz CT molecular complexity index is 722. The summed E-state index contributed by atoms with van der Waals surface area (Å²) in [6.07, 6.45) is 3.68. The predicted octanol–water partition coefficient (Wildman–Crippen LogP) is 1.36. The van der Waals surface area contributed by atoms with Crippen molar-refractivity contribution in [2.24, 2.45) is 0 Å². The number of likely N-dealkylation sites (tertiary alicyclic amines) is 1. The molecule has 1 unspecified atom stereocenters. The lowest BCUT2D eigenvalue weighted by molar-refractivity contribution is 0.0820. The molecule has 8 nitrogen and oxygen atoms in total. The summed E-state index contributed by atoms with van der Waals surface area (Å²) in [5, 5.41) is 11.2. The average molecular weight is 332 g/mol. The number of hydrogen-bond donors (Lipinski definition) is 1. The number of aryl methyl sites for hydroxylation is 1. The lowest BCUT2D eigenvalue weighted by Crippen LogP contribution is -2.45. The average Bonchev–Trinajstić information content (AvgIpc) is 3.16. The molecule has 0 radical (unpaired) electrons. The van der Waals surface area contributed by atoms with E-state index in [4.69, 9.17) is 4.52 Å². The molecule has 0 bridgehead atoms. The minimum Gasteiger partial charge on any atom is -0.345 e. The quantitative estimate of drug-likeness (QED) is 0.909. The zero-order valence-corrected chi connectivity index (χ0v) is 14.7. The predicted molar refractivity (Wildman–Crippen MR) is 87.5 cm³/mol. The van der Waals surface area contributed by atoms with Crippen molar-refractivity contribution in [2.75, 3.05) is 27.2 Å². The number of piperidine rings is 1. The van der Waals surface area contributed by atoms with E-state index in [1.54, 1.807) is 32.1 Å². The first-order valence-electron chi connectivity index (χ1n) is 8.16. The summed E-state index contributed by atoms with van der Waals surface area (Å²) in [5.74, 6) is 1.26. The molecule has 1 atom stereocenters. The topological polar surface area (TPSA) is 91.2 Å². The molecular formula is C16H24N6O2. The molecule has 24 heavy (non-hydrogen) atoms. The van der Waals surface area contributed by atoms with Crippen molar-refractivity contribution in [3.63, 3.8) is 0 Å². The number of carbonyl (C=O) groups excluding carboxylic acids is 1. The fraction of sp³-hybridized carbons (Fsp3) is 0.625. The van der Waals surface area contributed by atoms with Gasteiger partial charge in [0.05, 0.1) is 24.0 Å². The molecule has 2 aromatic rings. The number of carbonyl (C=O) groups is 1. The Morgan fingerprint density at radius 3 is 2.96 bits per heavy atom. The maximum atomic E-state index is 12.4. The van der Waals surface area contributed by atoms with Crippen LogP contribution < -0.4 is 0 Å². The highest BCUT2D eigenvalue weighted by Crippen LogP contribution is 2.35. The van der Waals surface area contributed by atoms with Crippen LogP contribution in [0, 0.1) is 6.92 Å². The zero-order chi connectivity index (χ0) is 17.3. The van der Waals surface area contributed by atoms with E-state index in [0.717, 1.165) is 31.6 Å². The molecular weight excluding hydrogens is 308 g/mol. The molecule has 1 N–H and O–H groups in total. The van der Waals surface area contributed by atoms with Gasteiger partial charge < -0.3 is 9.42 Å². The summed E-state index contributed by atoms with van der Waals surface area (Å²) in [4.78, 5) is 20.6. The summed E-state index contributed by atoms with van der Waals surface area (Å²) in [7, 11) is 3.51.